The Kier molecular flexibility index (Phi) is 4.16. The zero-order chi connectivity index (χ0) is 13.9. The number of anilines is 2. The van der Waals surface area contributed by atoms with Crippen molar-refractivity contribution < 1.29 is 0 Å². The minimum absolute atomic E-state index is 0.326. The van der Waals surface area contributed by atoms with E-state index in [9.17, 15) is 0 Å². The van der Waals surface area contributed by atoms with E-state index in [-0.39, 0.29) is 0 Å². The van der Waals surface area contributed by atoms with E-state index in [0.29, 0.717) is 6.04 Å². The summed E-state index contributed by atoms with van der Waals surface area (Å²) in [5.74, 6) is 0.732. The Morgan fingerprint density at radius 1 is 1.10 bits per heavy atom. The van der Waals surface area contributed by atoms with E-state index in [4.69, 9.17) is 5.73 Å². The van der Waals surface area contributed by atoms with Gasteiger partial charge in [0, 0.05) is 32.7 Å². The molecule has 110 valence electrons. The molecule has 1 unspecified atom stereocenters. The first-order valence-electron chi connectivity index (χ1n) is 8.06. The fourth-order valence-electron chi connectivity index (χ4n) is 3.72. The minimum Gasteiger partial charge on any atom is -0.371 e. The maximum Gasteiger partial charge on any atom is 0.0605 e. The third kappa shape index (κ3) is 2.78. The van der Waals surface area contributed by atoms with Crippen molar-refractivity contribution in [3.8, 4) is 0 Å². The average molecular weight is 273 g/mol. The number of nitrogens with two attached hydrogens (primary N) is 1. The summed E-state index contributed by atoms with van der Waals surface area (Å²) in [4.78, 5) is 4.84. The molecule has 1 aromatic carbocycles. The molecule has 1 atom stereocenters. The summed E-state index contributed by atoms with van der Waals surface area (Å²) < 4.78 is 0. The first-order chi connectivity index (χ1) is 9.75. The van der Waals surface area contributed by atoms with E-state index in [1.165, 1.54) is 43.5 Å². The van der Waals surface area contributed by atoms with Crippen molar-refractivity contribution in [2.45, 2.75) is 38.1 Å². The van der Waals surface area contributed by atoms with E-state index in [1.54, 1.807) is 0 Å². The number of nitrogens with zero attached hydrogens (tertiary/aromatic N) is 2. The smallest absolute Gasteiger partial charge is 0.0605 e. The van der Waals surface area contributed by atoms with Gasteiger partial charge >= 0.3 is 0 Å². The molecule has 1 fully saturated rings. The van der Waals surface area contributed by atoms with Crippen molar-refractivity contribution in [3.05, 3.63) is 24.3 Å². The number of benzene rings is 1. The molecule has 0 saturated heterocycles. The normalized spacial score (nSPS) is 21.7. The van der Waals surface area contributed by atoms with Crippen molar-refractivity contribution >= 4 is 11.4 Å². The van der Waals surface area contributed by atoms with Gasteiger partial charge in [-0.2, -0.15) is 0 Å². The molecule has 3 rings (SSSR count). The fourth-order valence-corrected chi connectivity index (χ4v) is 3.72. The first-order valence-corrected chi connectivity index (χ1v) is 8.06. The maximum absolute atomic E-state index is 6.52. The van der Waals surface area contributed by atoms with Crippen LogP contribution in [0.3, 0.4) is 0 Å². The van der Waals surface area contributed by atoms with E-state index in [0.717, 1.165) is 25.6 Å². The van der Waals surface area contributed by atoms with Crippen LogP contribution in [0.4, 0.5) is 11.4 Å². The second-order valence-electron chi connectivity index (χ2n) is 6.42. The highest BCUT2D eigenvalue weighted by Crippen LogP contribution is 2.33. The van der Waals surface area contributed by atoms with Crippen LogP contribution in [0.1, 0.15) is 32.1 Å². The third-order valence-electron chi connectivity index (χ3n) is 5.03. The predicted molar refractivity (Wildman–Crippen MR) is 86.5 cm³/mol. The van der Waals surface area contributed by atoms with Gasteiger partial charge in [-0.15, -0.1) is 0 Å². The number of rotatable bonds is 3. The molecule has 0 bridgehead atoms. The van der Waals surface area contributed by atoms with Crippen LogP contribution in [-0.2, 0) is 0 Å². The summed E-state index contributed by atoms with van der Waals surface area (Å²) in [6.45, 7) is 3.19. The summed E-state index contributed by atoms with van der Waals surface area (Å²) in [6.07, 6.45) is 6.81. The number of likely N-dealkylation sites (N-methyl/N-ethyl adjacent to an activating group) is 1. The van der Waals surface area contributed by atoms with Crippen LogP contribution in [0.25, 0.3) is 0 Å². The Bertz CT molecular complexity index is 440. The highest BCUT2D eigenvalue weighted by Gasteiger charge is 2.25. The number of hydrogen-bond acceptors (Lipinski definition) is 3. The number of hydrogen-bond donors (Lipinski definition) is 1. The lowest BCUT2D eigenvalue weighted by atomic mass is 9.84. The molecule has 0 aromatic heterocycles. The van der Waals surface area contributed by atoms with Gasteiger partial charge in [-0.05, 0) is 30.9 Å². The predicted octanol–water partition coefficient (Wildman–Crippen LogP) is 2.85. The van der Waals surface area contributed by atoms with Crippen LogP contribution < -0.4 is 15.5 Å². The van der Waals surface area contributed by atoms with Crippen LogP contribution >= 0.6 is 0 Å². The zero-order valence-electron chi connectivity index (χ0n) is 12.6. The van der Waals surface area contributed by atoms with Crippen molar-refractivity contribution in [1.29, 1.82) is 0 Å². The van der Waals surface area contributed by atoms with Crippen molar-refractivity contribution in [2.75, 3.05) is 36.5 Å². The average Bonchev–Trinajstić information content (AvgIpc) is 2.51. The molecule has 0 spiro atoms. The van der Waals surface area contributed by atoms with Crippen LogP contribution in [0, 0.1) is 5.92 Å². The second kappa shape index (κ2) is 6.04. The van der Waals surface area contributed by atoms with Crippen LogP contribution in [0.2, 0.25) is 0 Å². The molecule has 3 heteroatoms. The Morgan fingerprint density at radius 3 is 2.55 bits per heavy atom. The third-order valence-corrected chi connectivity index (χ3v) is 5.03. The molecule has 3 nitrogen and oxygen atoms in total. The van der Waals surface area contributed by atoms with E-state index >= 15 is 0 Å². The molecule has 1 aromatic rings. The summed E-state index contributed by atoms with van der Waals surface area (Å²) in [5.41, 5.74) is 9.21. The van der Waals surface area contributed by atoms with E-state index in [2.05, 4.69) is 41.1 Å². The van der Waals surface area contributed by atoms with Gasteiger partial charge in [0.2, 0.25) is 0 Å². The molecule has 20 heavy (non-hydrogen) atoms. The fraction of sp³-hybridized carbons (Fsp3) is 0.647. The molecule has 2 N–H and O–H groups in total. The lowest BCUT2D eigenvalue weighted by molar-refractivity contribution is 0.304. The van der Waals surface area contributed by atoms with Gasteiger partial charge in [0.25, 0.3) is 0 Å². The summed E-state index contributed by atoms with van der Waals surface area (Å²) in [6, 6.07) is 9.04. The van der Waals surface area contributed by atoms with E-state index in [1.807, 2.05) is 0 Å². The highest BCUT2D eigenvalue weighted by molar-refractivity contribution is 5.73. The quantitative estimate of drug-likeness (QED) is 0.919. The van der Waals surface area contributed by atoms with Gasteiger partial charge in [-0.25, -0.2) is 0 Å². The molecular formula is C17H27N3. The largest absolute Gasteiger partial charge is 0.371 e. The lowest BCUT2D eigenvalue weighted by Crippen LogP contribution is -2.47. The van der Waals surface area contributed by atoms with Crippen molar-refractivity contribution in [1.82, 2.24) is 0 Å². The van der Waals surface area contributed by atoms with Crippen molar-refractivity contribution in [3.63, 3.8) is 0 Å². The molecule has 0 amide bonds. The Morgan fingerprint density at radius 2 is 1.80 bits per heavy atom. The first kappa shape index (κ1) is 13.7. The van der Waals surface area contributed by atoms with Crippen LogP contribution in [0.5, 0.6) is 0 Å². The standard InChI is InChI=1S/C17H27N3/c1-19-11-12-20(17-10-6-5-9-16(17)19)13-15(18)14-7-3-2-4-8-14/h5-6,9-10,14-15H,2-4,7-8,11-13,18H2,1H3. The molecule has 0 radical (unpaired) electrons. The Labute approximate surface area is 122 Å². The molecule has 2 aliphatic rings. The van der Waals surface area contributed by atoms with E-state index < -0.39 is 0 Å². The minimum atomic E-state index is 0.326. The molecule has 1 aliphatic carbocycles. The monoisotopic (exact) mass is 273 g/mol. The topological polar surface area (TPSA) is 32.5 Å². The summed E-state index contributed by atoms with van der Waals surface area (Å²) >= 11 is 0. The van der Waals surface area contributed by atoms with Gasteiger partial charge in [-0.3, -0.25) is 0 Å². The van der Waals surface area contributed by atoms with Gasteiger partial charge < -0.3 is 15.5 Å². The highest BCUT2D eigenvalue weighted by atomic mass is 15.3. The number of para-hydroxylation sites is 2. The summed E-state index contributed by atoms with van der Waals surface area (Å²) in [5, 5.41) is 0. The van der Waals surface area contributed by atoms with Gasteiger partial charge in [0.05, 0.1) is 11.4 Å². The maximum atomic E-state index is 6.52. The molecule has 1 saturated carbocycles. The molecular weight excluding hydrogens is 246 g/mol. The lowest BCUT2D eigenvalue weighted by Gasteiger charge is -2.39. The van der Waals surface area contributed by atoms with Crippen LogP contribution in [0.15, 0.2) is 24.3 Å². The Hall–Kier alpha value is -1.22. The SMILES string of the molecule is CN1CCN(CC(N)C2CCCCC2)c2ccccc21. The number of fused-ring (bicyclic) bond motifs is 1. The second-order valence-corrected chi connectivity index (χ2v) is 6.42. The summed E-state index contributed by atoms with van der Waals surface area (Å²) in [7, 11) is 2.18. The van der Waals surface area contributed by atoms with Crippen molar-refractivity contribution in [2.24, 2.45) is 11.7 Å². The molecule has 1 aliphatic heterocycles. The van der Waals surface area contributed by atoms with Gasteiger partial charge in [0.15, 0.2) is 0 Å². The van der Waals surface area contributed by atoms with Gasteiger partial charge in [0.1, 0.15) is 0 Å². The van der Waals surface area contributed by atoms with Gasteiger partial charge in [-0.1, -0.05) is 31.4 Å². The molecule has 1 heterocycles. The zero-order valence-corrected chi connectivity index (χ0v) is 12.6. The Balaban J connectivity index is 1.70. The van der Waals surface area contributed by atoms with Crippen LogP contribution in [-0.4, -0.2) is 32.7 Å².